The number of aromatic hydroxyl groups is 1. The lowest BCUT2D eigenvalue weighted by molar-refractivity contribution is 0.173. The topological polar surface area (TPSA) is 79.3 Å². The zero-order valence-electron chi connectivity index (χ0n) is 14.8. The summed E-state index contributed by atoms with van der Waals surface area (Å²) in [5, 5.41) is 10.1. The van der Waals surface area contributed by atoms with E-state index in [1.165, 1.54) is 6.07 Å². The van der Waals surface area contributed by atoms with Crippen molar-refractivity contribution >= 4 is 10.0 Å². The monoisotopic (exact) mass is 412 g/mol. The number of hydrogen-bond acceptors (Lipinski definition) is 6. The molecule has 2 aliphatic heterocycles. The number of fused-ring (bicyclic) bond motifs is 1. The maximum absolute atomic E-state index is 13.9. The standard InChI is InChI=1S/C18H18F2N2O5S/c19-13-2-1-3-14(20)18(13)28(24,25)22-6-4-21(5-7-22)10-12-8-16-17(9-15(12)23)27-11-26-16/h1-3,8-9,23H,4-7,10-11H2. The fourth-order valence-corrected chi connectivity index (χ4v) is 4.86. The molecule has 1 N–H and O–H groups in total. The van der Waals surface area contributed by atoms with Crippen LogP contribution in [0.4, 0.5) is 8.78 Å². The molecule has 2 heterocycles. The quantitative estimate of drug-likeness (QED) is 0.827. The number of nitrogens with zero attached hydrogens (tertiary/aromatic N) is 2. The molecule has 2 aliphatic rings. The Labute approximate surface area is 160 Å². The van der Waals surface area contributed by atoms with E-state index in [2.05, 4.69) is 0 Å². The molecule has 28 heavy (non-hydrogen) atoms. The van der Waals surface area contributed by atoms with Crippen LogP contribution >= 0.6 is 0 Å². The number of phenols is 1. The molecule has 1 saturated heterocycles. The van der Waals surface area contributed by atoms with Crippen LogP contribution in [0.5, 0.6) is 17.2 Å². The highest BCUT2D eigenvalue weighted by molar-refractivity contribution is 7.89. The SMILES string of the molecule is O=S(=O)(c1c(F)cccc1F)N1CCN(Cc2cc3c(cc2O)OCO3)CC1. The lowest BCUT2D eigenvalue weighted by Crippen LogP contribution is -2.48. The highest BCUT2D eigenvalue weighted by atomic mass is 32.2. The third kappa shape index (κ3) is 3.38. The fraction of sp³-hybridized carbons (Fsp3) is 0.333. The molecule has 4 rings (SSSR count). The zero-order valence-corrected chi connectivity index (χ0v) is 15.6. The molecule has 10 heteroatoms. The lowest BCUT2D eigenvalue weighted by atomic mass is 10.1. The van der Waals surface area contributed by atoms with Gasteiger partial charge in [-0.2, -0.15) is 4.31 Å². The van der Waals surface area contributed by atoms with E-state index in [0.29, 0.717) is 36.7 Å². The van der Waals surface area contributed by atoms with Crippen molar-refractivity contribution in [3.63, 3.8) is 0 Å². The van der Waals surface area contributed by atoms with E-state index in [1.54, 1.807) is 6.07 Å². The number of halogens is 2. The number of ether oxygens (including phenoxy) is 2. The number of phenolic OH excluding ortho intramolecular Hbond substituents is 1. The normalized spacial score (nSPS) is 17.8. The molecule has 7 nitrogen and oxygen atoms in total. The predicted molar refractivity (Wildman–Crippen MR) is 94.6 cm³/mol. The number of hydrogen-bond donors (Lipinski definition) is 1. The molecular weight excluding hydrogens is 394 g/mol. The van der Waals surface area contributed by atoms with Gasteiger partial charge in [0.1, 0.15) is 17.4 Å². The molecule has 0 aromatic heterocycles. The average Bonchev–Trinajstić information content (AvgIpc) is 3.09. The van der Waals surface area contributed by atoms with Crippen molar-refractivity contribution < 1.29 is 31.8 Å². The second-order valence-corrected chi connectivity index (χ2v) is 8.44. The van der Waals surface area contributed by atoms with E-state index in [4.69, 9.17) is 9.47 Å². The smallest absolute Gasteiger partial charge is 0.249 e. The number of benzene rings is 2. The molecule has 0 amide bonds. The Balaban J connectivity index is 1.45. The van der Waals surface area contributed by atoms with E-state index < -0.39 is 26.6 Å². The molecule has 0 bridgehead atoms. The van der Waals surface area contributed by atoms with Crippen molar-refractivity contribution in [3.8, 4) is 17.2 Å². The Hall–Kier alpha value is -2.43. The first kappa shape index (κ1) is 18.9. The third-order valence-electron chi connectivity index (χ3n) is 4.82. The molecule has 0 aliphatic carbocycles. The molecule has 1 fully saturated rings. The van der Waals surface area contributed by atoms with E-state index >= 15 is 0 Å². The summed E-state index contributed by atoms with van der Waals surface area (Å²) < 4.78 is 64.7. The number of piperazine rings is 1. The van der Waals surface area contributed by atoms with Gasteiger partial charge in [0.15, 0.2) is 16.4 Å². The summed E-state index contributed by atoms with van der Waals surface area (Å²) in [5.74, 6) is -1.12. The largest absolute Gasteiger partial charge is 0.507 e. The molecule has 2 aromatic carbocycles. The van der Waals surface area contributed by atoms with Gasteiger partial charge in [-0.15, -0.1) is 0 Å². The average molecular weight is 412 g/mol. The molecule has 0 saturated carbocycles. The molecule has 0 radical (unpaired) electrons. The fourth-order valence-electron chi connectivity index (χ4n) is 3.33. The number of sulfonamides is 1. The van der Waals surface area contributed by atoms with Crippen LogP contribution in [0.1, 0.15) is 5.56 Å². The lowest BCUT2D eigenvalue weighted by Gasteiger charge is -2.34. The van der Waals surface area contributed by atoms with Gasteiger partial charge in [0.05, 0.1) is 0 Å². The first-order valence-electron chi connectivity index (χ1n) is 8.64. The highest BCUT2D eigenvalue weighted by Gasteiger charge is 2.33. The van der Waals surface area contributed by atoms with Crippen LogP contribution in [0, 0.1) is 11.6 Å². The van der Waals surface area contributed by atoms with Gasteiger partial charge in [0.2, 0.25) is 16.8 Å². The first-order chi connectivity index (χ1) is 13.4. The van der Waals surface area contributed by atoms with Crippen LogP contribution in [0.15, 0.2) is 35.2 Å². The zero-order chi connectivity index (χ0) is 19.9. The summed E-state index contributed by atoms with van der Waals surface area (Å²) in [6.45, 7) is 1.35. The third-order valence-corrected chi connectivity index (χ3v) is 6.77. The summed E-state index contributed by atoms with van der Waals surface area (Å²) in [6, 6.07) is 6.15. The highest BCUT2D eigenvalue weighted by Crippen LogP contribution is 2.38. The molecule has 2 aromatic rings. The summed E-state index contributed by atoms with van der Waals surface area (Å²) in [6.07, 6.45) is 0. The molecule has 150 valence electrons. The maximum Gasteiger partial charge on any atom is 0.249 e. The first-order valence-corrected chi connectivity index (χ1v) is 10.1. The van der Waals surface area contributed by atoms with Gasteiger partial charge in [-0.05, 0) is 18.2 Å². The van der Waals surface area contributed by atoms with Crippen LogP contribution in [0.3, 0.4) is 0 Å². The van der Waals surface area contributed by atoms with Crippen LogP contribution < -0.4 is 9.47 Å². The second-order valence-electron chi connectivity index (χ2n) is 6.57. The Kier molecular flexibility index (Phi) is 4.86. The van der Waals surface area contributed by atoms with E-state index in [1.807, 2.05) is 4.90 Å². The second kappa shape index (κ2) is 7.19. The Morgan fingerprint density at radius 3 is 2.25 bits per heavy atom. The minimum absolute atomic E-state index is 0.0627. The van der Waals surface area contributed by atoms with Crippen LogP contribution in [0.2, 0.25) is 0 Å². The van der Waals surface area contributed by atoms with Crippen molar-refractivity contribution in [2.75, 3.05) is 33.0 Å². The van der Waals surface area contributed by atoms with Gasteiger partial charge < -0.3 is 14.6 Å². The Morgan fingerprint density at radius 2 is 1.61 bits per heavy atom. The molecule has 0 spiro atoms. The van der Waals surface area contributed by atoms with Crippen LogP contribution in [0.25, 0.3) is 0 Å². The van der Waals surface area contributed by atoms with Gasteiger partial charge in [0.25, 0.3) is 0 Å². The molecule has 0 unspecified atom stereocenters. The minimum atomic E-state index is -4.27. The summed E-state index contributed by atoms with van der Waals surface area (Å²) in [5.41, 5.74) is 0.626. The van der Waals surface area contributed by atoms with Gasteiger partial charge >= 0.3 is 0 Å². The van der Waals surface area contributed by atoms with Gasteiger partial charge in [-0.25, -0.2) is 17.2 Å². The molecular formula is C18H18F2N2O5S. The maximum atomic E-state index is 13.9. The Bertz CT molecular complexity index is 987. The summed E-state index contributed by atoms with van der Waals surface area (Å²) in [4.78, 5) is 1.03. The predicted octanol–water partition coefficient (Wildman–Crippen LogP) is 1.91. The van der Waals surface area contributed by atoms with E-state index in [0.717, 1.165) is 22.5 Å². The van der Waals surface area contributed by atoms with Crippen molar-refractivity contribution in [1.82, 2.24) is 9.21 Å². The minimum Gasteiger partial charge on any atom is -0.507 e. The van der Waals surface area contributed by atoms with Gasteiger partial charge in [0, 0.05) is 44.4 Å². The van der Waals surface area contributed by atoms with E-state index in [-0.39, 0.29) is 25.6 Å². The van der Waals surface area contributed by atoms with Crippen molar-refractivity contribution in [3.05, 3.63) is 47.5 Å². The number of rotatable bonds is 4. The van der Waals surface area contributed by atoms with E-state index in [9.17, 15) is 22.3 Å². The van der Waals surface area contributed by atoms with Crippen LogP contribution in [-0.2, 0) is 16.6 Å². The van der Waals surface area contributed by atoms with Gasteiger partial charge in [-0.3, -0.25) is 4.90 Å². The van der Waals surface area contributed by atoms with Crippen molar-refractivity contribution in [1.29, 1.82) is 0 Å². The molecule has 0 atom stereocenters. The Morgan fingerprint density at radius 1 is 1.00 bits per heavy atom. The van der Waals surface area contributed by atoms with Crippen molar-refractivity contribution in [2.24, 2.45) is 0 Å². The van der Waals surface area contributed by atoms with Crippen molar-refractivity contribution in [2.45, 2.75) is 11.4 Å². The van der Waals surface area contributed by atoms with Gasteiger partial charge in [-0.1, -0.05) is 6.07 Å². The summed E-state index contributed by atoms with van der Waals surface area (Å²) >= 11 is 0. The summed E-state index contributed by atoms with van der Waals surface area (Å²) in [7, 11) is -4.27. The van der Waals surface area contributed by atoms with Crippen LogP contribution in [-0.4, -0.2) is 55.7 Å².